The van der Waals surface area contributed by atoms with E-state index < -0.39 is 0 Å². The number of imidazole rings is 1. The fraction of sp³-hybridized carbons (Fsp3) is 0.500. The monoisotopic (exact) mass is 141 g/mol. The molecule has 1 aromatic rings. The zero-order chi connectivity index (χ0) is 7.40. The van der Waals surface area contributed by atoms with Crippen LogP contribution in [0.4, 0.5) is 0 Å². The first-order valence-corrected chi connectivity index (χ1v) is 3.18. The molecule has 0 bridgehead atoms. The maximum Gasteiger partial charge on any atom is 0.120 e. The van der Waals surface area contributed by atoms with E-state index in [1.807, 2.05) is 0 Å². The third-order valence-electron chi connectivity index (χ3n) is 1.25. The molecule has 56 valence electrons. The van der Waals surface area contributed by atoms with E-state index in [9.17, 15) is 0 Å². The Bertz CT molecular complexity index is 197. The SMILES string of the molecule is NCCc1cn(CO)cn1. The van der Waals surface area contributed by atoms with Crippen molar-refractivity contribution in [2.24, 2.45) is 5.73 Å². The summed E-state index contributed by atoms with van der Waals surface area (Å²) in [6.45, 7) is 0.583. The van der Waals surface area contributed by atoms with Gasteiger partial charge in [-0.05, 0) is 6.54 Å². The third-order valence-corrected chi connectivity index (χ3v) is 1.25. The van der Waals surface area contributed by atoms with E-state index in [-0.39, 0.29) is 6.73 Å². The molecule has 3 N–H and O–H groups in total. The molecule has 0 radical (unpaired) electrons. The second-order valence-electron chi connectivity index (χ2n) is 2.06. The van der Waals surface area contributed by atoms with Crippen molar-refractivity contribution in [2.75, 3.05) is 6.54 Å². The van der Waals surface area contributed by atoms with Gasteiger partial charge in [-0.2, -0.15) is 0 Å². The minimum Gasteiger partial charge on any atom is -0.376 e. The van der Waals surface area contributed by atoms with E-state index >= 15 is 0 Å². The summed E-state index contributed by atoms with van der Waals surface area (Å²) in [6, 6.07) is 0. The first-order valence-electron chi connectivity index (χ1n) is 3.18. The molecule has 1 rings (SSSR count). The van der Waals surface area contributed by atoms with Gasteiger partial charge in [0, 0.05) is 12.6 Å². The van der Waals surface area contributed by atoms with Crippen LogP contribution in [0.15, 0.2) is 12.5 Å². The molecule has 0 saturated heterocycles. The molecule has 10 heavy (non-hydrogen) atoms. The normalized spacial score (nSPS) is 10.2. The van der Waals surface area contributed by atoms with Crippen LogP contribution in [-0.4, -0.2) is 21.2 Å². The average molecular weight is 141 g/mol. The van der Waals surface area contributed by atoms with Gasteiger partial charge in [0.15, 0.2) is 0 Å². The van der Waals surface area contributed by atoms with Gasteiger partial charge in [-0.25, -0.2) is 4.98 Å². The zero-order valence-electron chi connectivity index (χ0n) is 5.70. The summed E-state index contributed by atoms with van der Waals surface area (Å²) < 4.78 is 1.60. The van der Waals surface area contributed by atoms with Crippen LogP contribution >= 0.6 is 0 Å². The van der Waals surface area contributed by atoms with Crippen LogP contribution in [0.2, 0.25) is 0 Å². The van der Waals surface area contributed by atoms with Gasteiger partial charge in [-0.3, -0.25) is 0 Å². The Balaban J connectivity index is 2.59. The molecule has 0 aliphatic heterocycles. The highest BCUT2D eigenvalue weighted by atomic mass is 16.3. The number of aromatic nitrogens is 2. The minimum atomic E-state index is -0.0163. The summed E-state index contributed by atoms with van der Waals surface area (Å²) in [7, 11) is 0. The Labute approximate surface area is 59.3 Å². The van der Waals surface area contributed by atoms with Crippen molar-refractivity contribution in [2.45, 2.75) is 13.2 Å². The van der Waals surface area contributed by atoms with E-state index in [1.165, 1.54) is 0 Å². The Morgan fingerprint density at radius 3 is 3.00 bits per heavy atom. The van der Waals surface area contributed by atoms with Crippen LogP contribution in [0.25, 0.3) is 0 Å². The van der Waals surface area contributed by atoms with E-state index in [4.69, 9.17) is 10.8 Å². The fourth-order valence-corrected chi connectivity index (χ4v) is 0.761. The molecule has 0 aliphatic rings. The number of nitrogens with two attached hydrogens (primary N) is 1. The van der Waals surface area contributed by atoms with Crippen molar-refractivity contribution in [1.29, 1.82) is 0 Å². The Morgan fingerprint density at radius 1 is 1.70 bits per heavy atom. The van der Waals surface area contributed by atoms with Crippen molar-refractivity contribution in [3.05, 3.63) is 18.2 Å². The lowest BCUT2D eigenvalue weighted by Gasteiger charge is -1.90. The molecular formula is C6H11N3O. The summed E-state index contributed by atoms with van der Waals surface area (Å²) in [5.74, 6) is 0. The van der Waals surface area contributed by atoms with Crippen molar-refractivity contribution < 1.29 is 5.11 Å². The second kappa shape index (κ2) is 3.34. The second-order valence-corrected chi connectivity index (χ2v) is 2.06. The van der Waals surface area contributed by atoms with Crippen LogP contribution in [0.5, 0.6) is 0 Å². The highest BCUT2D eigenvalue weighted by Gasteiger charge is 1.94. The van der Waals surface area contributed by atoms with Crippen molar-refractivity contribution in [1.82, 2.24) is 9.55 Å². The maximum absolute atomic E-state index is 8.61. The number of rotatable bonds is 3. The molecule has 4 nitrogen and oxygen atoms in total. The van der Waals surface area contributed by atoms with Gasteiger partial charge in [0.2, 0.25) is 0 Å². The number of hydrogen-bond donors (Lipinski definition) is 2. The Hall–Kier alpha value is -0.870. The molecular weight excluding hydrogens is 130 g/mol. The lowest BCUT2D eigenvalue weighted by atomic mass is 10.3. The lowest BCUT2D eigenvalue weighted by molar-refractivity contribution is 0.210. The molecule has 0 fully saturated rings. The van der Waals surface area contributed by atoms with Gasteiger partial charge < -0.3 is 15.4 Å². The number of hydrogen-bond acceptors (Lipinski definition) is 3. The molecule has 0 aliphatic carbocycles. The molecule has 0 amide bonds. The lowest BCUT2D eigenvalue weighted by Crippen LogP contribution is -2.02. The Morgan fingerprint density at radius 2 is 2.50 bits per heavy atom. The molecule has 0 spiro atoms. The average Bonchev–Trinajstić information content (AvgIpc) is 2.37. The topological polar surface area (TPSA) is 64.1 Å². The first-order chi connectivity index (χ1) is 4.86. The van der Waals surface area contributed by atoms with Crippen LogP contribution < -0.4 is 5.73 Å². The summed E-state index contributed by atoms with van der Waals surface area (Å²) in [4.78, 5) is 4.00. The van der Waals surface area contributed by atoms with E-state index in [0.717, 1.165) is 12.1 Å². The summed E-state index contributed by atoms with van der Waals surface area (Å²) in [5, 5.41) is 8.61. The van der Waals surface area contributed by atoms with Crippen LogP contribution in [0.3, 0.4) is 0 Å². The highest BCUT2D eigenvalue weighted by Crippen LogP contribution is 1.94. The zero-order valence-corrected chi connectivity index (χ0v) is 5.70. The van der Waals surface area contributed by atoms with Gasteiger partial charge in [0.1, 0.15) is 6.73 Å². The third kappa shape index (κ3) is 1.55. The fourth-order valence-electron chi connectivity index (χ4n) is 0.761. The number of aliphatic hydroxyl groups excluding tert-OH is 1. The van der Waals surface area contributed by atoms with Crippen molar-refractivity contribution in [3.63, 3.8) is 0 Å². The van der Waals surface area contributed by atoms with Crippen molar-refractivity contribution >= 4 is 0 Å². The van der Waals surface area contributed by atoms with Crippen molar-refractivity contribution in [3.8, 4) is 0 Å². The maximum atomic E-state index is 8.61. The minimum absolute atomic E-state index is 0.0163. The van der Waals surface area contributed by atoms with Crippen LogP contribution in [0.1, 0.15) is 5.69 Å². The van der Waals surface area contributed by atoms with E-state index in [2.05, 4.69) is 4.98 Å². The van der Waals surface area contributed by atoms with Crippen LogP contribution in [-0.2, 0) is 13.2 Å². The molecule has 0 saturated carbocycles. The molecule has 1 heterocycles. The predicted octanol–water partition coefficient (Wildman–Crippen LogP) is -0.666. The highest BCUT2D eigenvalue weighted by molar-refractivity contribution is 4.96. The van der Waals surface area contributed by atoms with Gasteiger partial charge >= 0.3 is 0 Å². The van der Waals surface area contributed by atoms with Gasteiger partial charge in [0.05, 0.1) is 12.0 Å². The molecule has 0 unspecified atom stereocenters. The molecule has 0 aromatic carbocycles. The first kappa shape index (κ1) is 7.24. The summed E-state index contributed by atoms with van der Waals surface area (Å²) >= 11 is 0. The summed E-state index contributed by atoms with van der Waals surface area (Å²) in [6.07, 6.45) is 4.14. The van der Waals surface area contributed by atoms with Gasteiger partial charge in [0.25, 0.3) is 0 Å². The Kier molecular flexibility index (Phi) is 2.42. The van der Waals surface area contributed by atoms with Crippen LogP contribution in [0, 0.1) is 0 Å². The molecule has 1 aromatic heterocycles. The quantitative estimate of drug-likeness (QED) is 0.587. The summed E-state index contributed by atoms with van der Waals surface area (Å²) in [5.41, 5.74) is 6.23. The van der Waals surface area contributed by atoms with Gasteiger partial charge in [-0.1, -0.05) is 0 Å². The predicted molar refractivity (Wildman–Crippen MR) is 37.2 cm³/mol. The standard InChI is InChI=1S/C6H11N3O/c7-2-1-6-3-9(5-10)4-8-6/h3-4,10H,1-2,5,7H2. The molecule has 4 heteroatoms. The molecule has 0 atom stereocenters. The van der Waals surface area contributed by atoms with E-state index in [0.29, 0.717) is 6.54 Å². The van der Waals surface area contributed by atoms with Gasteiger partial charge in [-0.15, -0.1) is 0 Å². The number of nitrogens with zero attached hydrogens (tertiary/aromatic N) is 2. The number of aliphatic hydroxyl groups is 1. The smallest absolute Gasteiger partial charge is 0.120 e. The van der Waals surface area contributed by atoms with E-state index in [1.54, 1.807) is 17.1 Å². The largest absolute Gasteiger partial charge is 0.376 e.